The van der Waals surface area contributed by atoms with E-state index in [1.54, 1.807) is 6.92 Å². The van der Waals surface area contributed by atoms with Crippen molar-refractivity contribution in [2.75, 3.05) is 0 Å². The molecule has 3 rings (SSSR count). The van der Waals surface area contributed by atoms with Gasteiger partial charge in [-0.2, -0.15) is 0 Å². The second-order valence-corrected chi connectivity index (χ2v) is 14.5. The third-order valence-corrected chi connectivity index (χ3v) is 10.6. The monoisotopic (exact) mass is 664 g/mol. The normalized spacial score (nSPS) is 36.3. The number of hydrogen-bond acceptors (Lipinski definition) is 11. The zero-order chi connectivity index (χ0) is 35.4. The topological polar surface area (TPSA) is 152 Å². The van der Waals surface area contributed by atoms with E-state index in [2.05, 4.69) is 0 Å². The molecule has 3 aliphatic carbocycles. The molecule has 0 heterocycles. The van der Waals surface area contributed by atoms with Crippen LogP contribution in [0.1, 0.15) is 114 Å². The Hall–Kier alpha value is -2.95. The number of esters is 5. The first-order chi connectivity index (χ1) is 22.0. The van der Waals surface area contributed by atoms with E-state index in [-0.39, 0.29) is 31.6 Å². The van der Waals surface area contributed by atoms with Gasteiger partial charge >= 0.3 is 29.8 Å². The Morgan fingerprint density at radius 2 is 1.30 bits per heavy atom. The summed E-state index contributed by atoms with van der Waals surface area (Å²) in [6.07, 6.45) is -2.24. The summed E-state index contributed by atoms with van der Waals surface area (Å²) in [5.74, 6) is -4.04. The van der Waals surface area contributed by atoms with Gasteiger partial charge in [-0.05, 0) is 55.9 Å². The molecule has 11 heteroatoms. The van der Waals surface area contributed by atoms with Crippen molar-refractivity contribution >= 4 is 29.8 Å². The second-order valence-electron chi connectivity index (χ2n) is 14.5. The molecule has 266 valence electrons. The Morgan fingerprint density at radius 1 is 0.787 bits per heavy atom. The molecule has 0 bridgehead atoms. The molecule has 2 saturated carbocycles. The molecule has 0 aromatic carbocycles. The van der Waals surface area contributed by atoms with Crippen LogP contribution in [0.15, 0.2) is 11.6 Å². The molecule has 3 aliphatic rings. The van der Waals surface area contributed by atoms with Crippen LogP contribution in [0.5, 0.6) is 0 Å². The Kier molecular flexibility index (Phi) is 12.7. The van der Waals surface area contributed by atoms with Crippen LogP contribution in [0.2, 0.25) is 0 Å². The number of aliphatic hydroxyl groups excluding tert-OH is 1. The number of rotatable bonds is 12. The van der Waals surface area contributed by atoms with Crippen molar-refractivity contribution in [3.63, 3.8) is 0 Å². The van der Waals surface area contributed by atoms with Gasteiger partial charge in [0.1, 0.15) is 30.5 Å². The van der Waals surface area contributed by atoms with E-state index < -0.39 is 95.1 Å². The zero-order valence-electron chi connectivity index (χ0n) is 29.8. The lowest BCUT2D eigenvalue weighted by molar-refractivity contribution is -0.226. The lowest BCUT2D eigenvalue weighted by Gasteiger charge is -2.58. The van der Waals surface area contributed by atoms with Crippen molar-refractivity contribution in [2.45, 2.75) is 151 Å². The highest BCUT2D eigenvalue weighted by Gasteiger charge is 2.74. The van der Waals surface area contributed by atoms with Gasteiger partial charge in [0.25, 0.3) is 0 Å². The molecule has 11 nitrogen and oxygen atoms in total. The minimum Gasteiger partial charge on any atom is -0.462 e. The smallest absolute Gasteiger partial charge is 0.306 e. The van der Waals surface area contributed by atoms with Gasteiger partial charge in [-0.25, -0.2) is 0 Å². The highest BCUT2D eigenvalue weighted by atomic mass is 16.6. The van der Waals surface area contributed by atoms with Crippen molar-refractivity contribution < 1.29 is 52.8 Å². The molecule has 0 aromatic rings. The molecule has 0 spiro atoms. The summed E-state index contributed by atoms with van der Waals surface area (Å²) >= 11 is 0. The SMILES string of the molecule is CCCC(=O)OC1C(C(C)C)C2C3C=C(C)C(O)C(OC(C)=O)C(OC(=O)CCC)C3(C)CC(OC(=O)CCC)C2(C)C1OC(C)=O. The molecule has 11 unspecified atom stereocenters. The molecule has 0 aromatic heterocycles. The third-order valence-electron chi connectivity index (χ3n) is 10.6. The van der Waals surface area contributed by atoms with Crippen molar-refractivity contribution in [1.82, 2.24) is 0 Å². The average Bonchev–Trinajstić information content (AvgIpc) is 3.16. The third kappa shape index (κ3) is 7.70. The molecule has 0 aliphatic heterocycles. The van der Waals surface area contributed by atoms with Crippen LogP contribution in [0.3, 0.4) is 0 Å². The molecule has 0 saturated heterocycles. The minimum absolute atomic E-state index is 0.110. The number of ether oxygens (including phenoxy) is 5. The fourth-order valence-electron chi connectivity index (χ4n) is 8.57. The predicted octanol–water partition coefficient (Wildman–Crippen LogP) is 5.24. The van der Waals surface area contributed by atoms with Crippen molar-refractivity contribution in [2.24, 2.45) is 34.5 Å². The first kappa shape index (κ1) is 38.5. The molecule has 47 heavy (non-hydrogen) atoms. The van der Waals surface area contributed by atoms with E-state index >= 15 is 0 Å². The molecule has 1 N–H and O–H groups in total. The number of aliphatic hydroxyl groups is 1. The van der Waals surface area contributed by atoms with Crippen LogP contribution in [-0.2, 0) is 47.7 Å². The van der Waals surface area contributed by atoms with Crippen molar-refractivity contribution in [1.29, 1.82) is 0 Å². The fraction of sp³-hybridized carbons (Fsp3) is 0.806. The van der Waals surface area contributed by atoms with Gasteiger partial charge < -0.3 is 28.8 Å². The maximum atomic E-state index is 13.3. The Morgan fingerprint density at radius 3 is 1.79 bits per heavy atom. The van der Waals surface area contributed by atoms with E-state index in [1.807, 2.05) is 54.5 Å². The first-order valence-electron chi connectivity index (χ1n) is 17.3. The Labute approximate surface area is 279 Å². The van der Waals surface area contributed by atoms with E-state index in [4.69, 9.17) is 23.7 Å². The van der Waals surface area contributed by atoms with Gasteiger partial charge in [0.2, 0.25) is 0 Å². The van der Waals surface area contributed by atoms with Gasteiger partial charge in [-0.15, -0.1) is 0 Å². The van der Waals surface area contributed by atoms with Gasteiger partial charge in [-0.1, -0.05) is 54.5 Å². The van der Waals surface area contributed by atoms with E-state index in [9.17, 15) is 29.1 Å². The number of carbonyl (C=O) groups is 5. The number of hydrogen-bond donors (Lipinski definition) is 1. The molecular weight excluding hydrogens is 608 g/mol. The van der Waals surface area contributed by atoms with E-state index in [0.29, 0.717) is 24.8 Å². The Balaban J connectivity index is 2.40. The fourth-order valence-corrected chi connectivity index (χ4v) is 8.57. The lowest BCUT2D eigenvalue weighted by Crippen LogP contribution is -2.63. The second kappa shape index (κ2) is 15.5. The van der Waals surface area contributed by atoms with Crippen LogP contribution in [0.25, 0.3) is 0 Å². The lowest BCUT2D eigenvalue weighted by atomic mass is 9.49. The standard InChI is InChI=1S/C36H56O11/c1-11-14-25(39)45-24-18-35(9)23(17-20(6)30(42)32(43-21(7)37)33(35)47-27(41)16-13-3)29-28(19(4)5)31(46-26(40)15-12-2)34(36(24,29)10)44-22(8)38/h17,19,23-24,28-34,42H,11-16,18H2,1-10H3. The van der Waals surface area contributed by atoms with Gasteiger partial charge in [0, 0.05) is 49.9 Å². The molecule has 0 amide bonds. The predicted molar refractivity (Wildman–Crippen MR) is 171 cm³/mol. The largest absolute Gasteiger partial charge is 0.462 e. The summed E-state index contributed by atoms with van der Waals surface area (Å²) < 4.78 is 30.5. The summed E-state index contributed by atoms with van der Waals surface area (Å²) in [5.41, 5.74) is -1.60. The number of allylic oxidation sites excluding steroid dienone is 1. The zero-order valence-corrected chi connectivity index (χ0v) is 29.8. The van der Waals surface area contributed by atoms with Crippen LogP contribution in [-0.4, -0.2) is 71.6 Å². The maximum Gasteiger partial charge on any atom is 0.306 e. The summed E-state index contributed by atoms with van der Waals surface area (Å²) in [5, 5.41) is 11.6. The quantitative estimate of drug-likeness (QED) is 0.166. The molecule has 0 radical (unpaired) electrons. The van der Waals surface area contributed by atoms with Gasteiger partial charge in [0.15, 0.2) is 6.10 Å². The van der Waals surface area contributed by atoms with Crippen LogP contribution in [0.4, 0.5) is 0 Å². The maximum absolute atomic E-state index is 13.3. The van der Waals surface area contributed by atoms with Crippen molar-refractivity contribution in [3.05, 3.63) is 11.6 Å². The summed E-state index contributed by atoms with van der Waals surface area (Å²) in [6, 6.07) is 0. The van der Waals surface area contributed by atoms with Crippen LogP contribution < -0.4 is 0 Å². The highest BCUT2D eigenvalue weighted by molar-refractivity contribution is 5.71. The van der Waals surface area contributed by atoms with Gasteiger partial charge in [0.05, 0.1) is 0 Å². The number of fused-ring (bicyclic) bond motifs is 3. The minimum atomic E-state index is -1.30. The number of carbonyl (C=O) groups excluding carboxylic acids is 5. The molecular formula is C36H56O11. The summed E-state index contributed by atoms with van der Waals surface area (Å²) in [4.78, 5) is 64.8. The van der Waals surface area contributed by atoms with Crippen LogP contribution in [0, 0.1) is 34.5 Å². The summed E-state index contributed by atoms with van der Waals surface area (Å²) in [6.45, 7) is 17.7. The van der Waals surface area contributed by atoms with Crippen molar-refractivity contribution in [3.8, 4) is 0 Å². The summed E-state index contributed by atoms with van der Waals surface area (Å²) in [7, 11) is 0. The average molecular weight is 665 g/mol. The Bertz CT molecular complexity index is 1210. The van der Waals surface area contributed by atoms with E-state index in [0.717, 1.165) is 0 Å². The molecule has 2 fully saturated rings. The van der Waals surface area contributed by atoms with Gasteiger partial charge in [-0.3, -0.25) is 24.0 Å². The highest BCUT2D eigenvalue weighted by Crippen LogP contribution is 2.67. The first-order valence-corrected chi connectivity index (χ1v) is 17.3. The molecule has 11 atom stereocenters. The van der Waals surface area contributed by atoms with E-state index in [1.165, 1.54) is 13.8 Å². The van der Waals surface area contributed by atoms with Crippen LogP contribution >= 0.6 is 0 Å².